The van der Waals surface area contributed by atoms with E-state index >= 15 is 0 Å². The number of nitrogens with two attached hydrogens (primary N) is 1. The highest BCUT2D eigenvalue weighted by atomic mass is 19.4. The Bertz CT molecular complexity index is 2520. The minimum atomic E-state index is -4.43. The molecule has 0 saturated carbocycles. The summed E-state index contributed by atoms with van der Waals surface area (Å²) < 4.78 is 70.3. The number of alkyl halides is 3. The molecular formula is C42H42F3N7O7. The minimum Gasteiger partial charge on any atom is -0.494 e. The van der Waals surface area contributed by atoms with Gasteiger partial charge in [0.2, 0.25) is 5.88 Å². The van der Waals surface area contributed by atoms with Gasteiger partial charge in [0.15, 0.2) is 6.61 Å². The van der Waals surface area contributed by atoms with E-state index in [4.69, 9.17) is 29.2 Å². The largest absolute Gasteiger partial charge is 0.494 e. The molecule has 4 aromatic heterocycles. The van der Waals surface area contributed by atoms with Gasteiger partial charge in [0.05, 0.1) is 61.7 Å². The number of carbonyl (C=O) groups excluding carboxylic acids is 1. The second kappa shape index (κ2) is 19.0. The number of carbonyl (C=O) groups is 1. The smallest absolute Gasteiger partial charge is 0.406 e. The predicted molar refractivity (Wildman–Crippen MR) is 215 cm³/mol. The number of aryl methyl sites for hydroxylation is 2. The van der Waals surface area contributed by atoms with Crippen LogP contribution in [0.25, 0.3) is 22.0 Å². The number of ether oxygens (including phenoxy) is 4. The van der Waals surface area contributed by atoms with Gasteiger partial charge in [-0.2, -0.15) is 13.2 Å². The fourth-order valence-electron chi connectivity index (χ4n) is 6.21. The van der Waals surface area contributed by atoms with Crippen LogP contribution in [0.15, 0.2) is 88.3 Å². The van der Waals surface area contributed by atoms with E-state index in [2.05, 4.69) is 32.6 Å². The summed E-state index contributed by atoms with van der Waals surface area (Å²) in [5.74, 6) is 7.25. The average Bonchev–Trinajstić information content (AvgIpc) is 3.73. The molecule has 6 rings (SSSR count). The van der Waals surface area contributed by atoms with Gasteiger partial charge in [-0.25, -0.2) is 4.98 Å². The van der Waals surface area contributed by atoms with Crippen molar-refractivity contribution in [3.05, 3.63) is 112 Å². The Morgan fingerprint density at radius 2 is 1.83 bits per heavy atom. The first kappa shape index (κ1) is 41.7. The van der Waals surface area contributed by atoms with E-state index in [1.54, 1.807) is 72.9 Å². The van der Waals surface area contributed by atoms with Crippen LogP contribution in [0, 0.1) is 25.7 Å². The Balaban J connectivity index is 0.893. The molecule has 4 heterocycles. The summed E-state index contributed by atoms with van der Waals surface area (Å²) in [7, 11) is 1.50. The SMILES string of the molecule is COc1cc(OCCOCCNC(=O)COc2cccc(Cn3cc(-c4c(C)noc4C)ccc3=O)n2)ccc1NCC#Cc1cc2c(N)cccc2n1CC(F)(F)F. The maximum Gasteiger partial charge on any atom is 0.406 e. The number of nitrogens with zero attached hydrogens (tertiary/aromatic N) is 4. The lowest BCUT2D eigenvalue weighted by Crippen LogP contribution is -2.32. The van der Waals surface area contributed by atoms with Gasteiger partial charge in [-0.3, -0.25) is 9.59 Å². The molecule has 59 heavy (non-hydrogen) atoms. The summed E-state index contributed by atoms with van der Waals surface area (Å²) in [5, 5.41) is 10.3. The molecule has 14 nitrogen and oxygen atoms in total. The Labute approximate surface area is 337 Å². The molecule has 0 spiro atoms. The maximum absolute atomic E-state index is 13.3. The Morgan fingerprint density at radius 1 is 1.00 bits per heavy atom. The molecular weight excluding hydrogens is 771 g/mol. The van der Waals surface area contributed by atoms with Gasteiger partial charge >= 0.3 is 6.18 Å². The number of hydrogen-bond acceptors (Lipinski definition) is 11. The van der Waals surface area contributed by atoms with Crippen molar-refractivity contribution in [2.45, 2.75) is 33.1 Å². The van der Waals surface area contributed by atoms with E-state index < -0.39 is 12.7 Å². The Kier molecular flexibility index (Phi) is 13.4. The number of hydrogen-bond donors (Lipinski definition) is 3. The number of anilines is 2. The molecule has 1 amide bonds. The monoisotopic (exact) mass is 813 g/mol. The van der Waals surface area contributed by atoms with Gasteiger partial charge in [0.1, 0.15) is 30.4 Å². The fraction of sp³-hybridized carbons (Fsp3) is 0.286. The standard InChI is InChI=1S/C42H42F3N7O7/c1-27-41(28(2)59-50-27)29-12-15-40(54)51(23-29)24-30-7-4-11-39(49-30)58-25-38(53)48-17-18-56-19-20-57-32-13-14-35(37(22-32)55-3)47-16-6-8-31-21-33-34(46)9-5-10-36(33)52(31)26-42(43,44)45/h4-5,7,9-15,21-23,47H,16-20,24-26,46H2,1-3H3,(H,48,53). The highest BCUT2D eigenvalue weighted by Gasteiger charge is 2.30. The van der Waals surface area contributed by atoms with Crippen molar-refractivity contribution in [3.63, 3.8) is 0 Å². The number of benzene rings is 2. The van der Waals surface area contributed by atoms with Gasteiger partial charge in [0, 0.05) is 53.1 Å². The van der Waals surface area contributed by atoms with Gasteiger partial charge in [-0.05, 0) is 62.2 Å². The van der Waals surface area contributed by atoms with Crippen LogP contribution in [0.5, 0.6) is 17.4 Å². The summed E-state index contributed by atoms with van der Waals surface area (Å²) in [5.41, 5.74) is 10.3. The van der Waals surface area contributed by atoms with Crippen LogP contribution in [-0.2, 0) is 22.6 Å². The summed E-state index contributed by atoms with van der Waals surface area (Å²) in [6.07, 6.45) is -2.70. The van der Waals surface area contributed by atoms with Gasteiger partial charge in [-0.15, -0.1) is 0 Å². The van der Waals surface area contributed by atoms with Crippen molar-refractivity contribution in [2.24, 2.45) is 0 Å². The summed E-state index contributed by atoms with van der Waals surface area (Å²) in [4.78, 5) is 29.4. The number of nitrogen functional groups attached to an aromatic ring is 1. The zero-order chi connectivity index (χ0) is 41.9. The number of fused-ring (bicyclic) bond motifs is 1. The van der Waals surface area contributed by atoms with E-state index in [-0.39, 0.29) is 69.1 Å². The van der Waals surface area contributed by atoms with Crippen molar-refractivity contribution < 1.29 is 41.4 Å². The zero-order valence-corrected chi connectivity index (χ0v) is 32.5. The number of pyridine rings is 2. The van der Waals surface area contributed by atoms with Crippen molar-refractivity contribution in [2.75, 3.05) is 57.7 Å². The Morgan fingerprint density at radius 3 is 2.61 bits per heavy atom. The zero-order valence-electron chi connectivity index (χ0n) is 32.5. The number of halogens is 3. The summed E-state index contributed by atoms with van der Waals surface area (Å²) >= 11 is 0. The number of methoxy groups -OCH3 is 1. The van der Waals surface area contributed by atoms with E-state index in [1.165, 1.54) is 17.7 Å². The number of amides is 1. The summed E-state index contributed by atoms with van der Waals surface area (Å²) in [6, 6.07) is 19.9. The fourth-order valence-corrected chi connectivity index (χ4v) is 6.21. The first-order valence-corrected chi connectivity index (χ1v) is 18.4. The molecule has 0 fully saturated rings. The van der Waals surface area contributed by atoms with Gasteiger partial charge in [0.25, 0.3) is 11.5 Å². The molecule has 0 aliphatic rings. The van der Waals surface area contributed by atoms with E-state index in [0.717, 1.165) is 21.4 Å². The van der Waals surface area contributed by atoms with Gasteiger partial charge < -0.3 is 49.0 Å². The molecule has 2 aromatic carbocycles. The van der Waals surface area contributed by atoms with Crippen LogP contribution >= 0.6 is 0 Å². The van der Waals surface area contributed by atoms with Gasteiger partial charge in [-0.1, -0.05) is 23.2 Å². The topological polar surface area (TPSA) is 170 Å². The van der Waals surface area contributed by atoms with Crippen LogP contribution in [0.1, 0.15) is 22.8 Å². The third-order valence-corrected chi connectivity index (χ3v) is 8.91. The summed E-state index contributed by atoms with van der Waals surface area (Å²) in [6.45, 7) is 3.50. The normalized spacial score (nSPS) is 11.2. The third-order valence-electron chi connectivity index (χ3n) is 8.91. The molecule has 0 aliphatic carbocycles. The van der Waals surface area contributed by atoms with Crippen LogP contribution in [-0.4, -0.2) is 78.0 Å². The molecule has 6 aromatic rings. The van der Waals surface area contributed by atoms with Crippen molar-refractivity contribution in [3.8, 4) is 40.3 Å². The molecule has 17 heteroatoms. The average molecular weight is 814 g/mol. The lowest BCUT2D eigenvalue weighted by molar-refractivity contribution is -0.140. The highest BCUT2D eigenvalue weighted by molar-refractivity contribution is 5.92. The number of rotatable bonds is 17. The molecule has 308 valence electrons. The third kappa shape index (κ3) is 11.1. The molecule has 0 radical (unpaired) electrons. The van der Waals surface area contributed by atoms with E-state index in [1.807, 2.05) is 13.8 Å². The van der Waals surface area contributed by atoms with E-state index in [9.17, 15) is 22.8 Å². The first-order valence-electron chi connectivity index (χ1n) is 18.4. The van der Waals surface area contributed by atoms with Crippen LogP contribution in [0.3, 0.4) is 0 Å². The second-order valence-corrected chi connectivity index (χ2v) is 13.2. The Hall–Kier alpha value is -6.93. The predicted octanol–water partition coefficient (Wildman–Crippen LogP) is 5.73. The van der Waals surface area contributed by atoms with Crippen LogP contribution < -0.4 is 36.1 Å². The molecule has 0 aliphatic heterocycles. The quantitative estimate of drug-likeness (QED) is 0.0585. The maximum atomic E-state index is 13.3. The number of nitrogens with one attached hydrogen (secondary N) is 2. The van der Waals surface area contributed by atoms with Crippen LogP contribution in [0.2, 0.25) is 0 Å². The molecule has 4 N–H and O–H groups in total. The van der Waals surface area contributed by atoms with Crippen LogP contribution in [0.4, 0.5) is 24.5 Å². The lowest BCUT2D eigenvalue weighted by atomic mass is 10.1. The first-order chi connectivity index (χ1) is 28.4. The highest BCUT2D eigenvalue weighted by Crippen LogP contribution is 2.30. The lowest BCUT2D eigenvalue weighted by Gasteiger charge is -2.13. The molecule has 0 bridgehead atoms. The molecule has 0 saturated heterocycles. The molecule has 0 atom stereocenters. The molecule has 0 unspecified atom stereocenters. The van der Waals surface area contributed by atoms with Crippen molar-refractivity contribution in [1.82, 2.24) is 24.6 Å². The minimum absolute atomic E-state index is 0.130. The van der Waals surface area contributed by atoms with Crippen molar-refractivity contribution in [1.29, 1.82) is 0 Å². The number of aromatic nitrogens is 4. The second-order valence-electron chi connectivity index (χ2n) is 13.2. The van der Waals surface area contributed by atoms with Crippen molar-refractivity contribution >= 4 is 28.2 Å². The van der Waals surface area contributed by atoms with E-state index in [0.29, 0.717) is 45.2 Å².